The molecule has 0 fully saturated rings. The highest BCUT2D eigenvalue weighted by Crippen LogP contribution is 2.09. The van der Waals surface area contributed by atoms with E-state index in [2.05, 4.69) is 29.7 Å². The first-order valence-corrected chi connectivity index (χ1v) is 11.1. The minimum Gasteiger partial charge on any atom is -0.480 e. The summed E-state index contributed by atoms with van der Waals surface area (Å²) in [6, 6.07) is 0. The van der Waals surface area contributed by atoms with Gasteiger partial charge in [0.05, 0.1) is 6.54 Å². The predicted molar refractivity (Wildman–Crippen MR) is 113 cm³/mol. The van der Waals surface area contributed by atoms with E-state index in [0.717, 1.165) is 19.6 Å². The van der Waals surface area contributed by atoms with Crippen molar-refractivity contribution in [3.63, 3.8) is 0 Å². The van der Waals surface area contributed by atoms with Gasteiger partial charge in [0.25, 0.3) is 0 Å². The minimum atomic E-state index is -0.793. The van der Waals surface area contributed by atoms with Gasteiger partial charge < -0.3 is 15.7 Å². The molecule has 0 saturated heterocycles. The molecule has 0 bridgehead atoms. The van der Waals surface area contributed by atoms with Crippen LogP contribution < -0.4 is 10.6 Å². The topological polar surface area (TPSA) is 61.4 Å². The average Bonchev–Trinajstić information content (AvgIpc) is 2.62. The summed E-state index contributed by atoms with van der Waals surface area (Å²) in [5.41, 5.74) is 0. The minimum absolute atomic E-state index is 0.0515. The third kappa shape index (κ3) is 23.1. The molecule has 0 rings (SSSR count). The molecule has 154 valence electrons. The molecule has 0 radical (unpaired) electrons. The van der Waals surface area contributed by atoms with Crippen molar-refractivity contribution < 1.29 is 9.90 Å². The van der Waals surface area contributed by atoms with E-state index in [-0.39, 0.29) is 6.54 Å². The van der Waals surface area contributed by atoms with Gasteiger partial charge >= 0.3 is 5.97 Å². The van der Waals surface area contributed by atoms with Crippen molar-refractivity contribution >= 4 is 5.97 Å². The Kier molecular flexibility index (Phi) is 21.4. The van der Waals surface area contributed by atoms with Gasteiger partial charge in [0, 0.05) is 13.1 Å². The zero-order valence-corrected chi connectivity index (χ0v) is 17.2. The molecule has 0 heterocycles. The maximum Gasteiger partial charge on any atom is 0.317 e. The first kappa shape index (κ1) is 25.1. The summed E-state index contributed by atoms with van der Waals surface area (Å²) in [4.78, 5) is 10.3. The lowest BCUT2D eigenvalue weighted by Gasteiger charge is -2.05. The third-order valence-corrected chi connectivity index (χ3v) is 4.62. The Labute approximate surface area is 162 Å². The molecule has 3 N–H and O–H groups in total. The molecule has 0 unspecified atom stereocenters. The lowest BCUT2D eigenvalue weighted by molar-refractivity contribution is -0.135. The van der Waals surface area contributed by atoms with Crippen molar-refractivity contribution in [2.24, 2.45) is 0 Å². The van der Waals surface area contributed by atoms with Crippen molar-refractivity contribution in [3.05, 3.63) is 12.2 Å². The number of hydrogen-bond acceptors (Lipinski definition) is 3. The summed E-state index contributed by atoms with van der Waals surface area (Å²) in [6.45, 7) is 4.93. The van der Waals surface area contributed by atoms with Crippen molar-refractivity contribution in [1.29, 1.82) is 0 Å². The fraction of sp³-hybridized carbons (Fsp3) is 0.864. The Hall–Kier alpha value is -0.870. The maximum atomic E-state index is 10.3. The van der Waals surface area contributed by atoms with Crippen LogP contribution in [0.5, 0.6) is 0 Å². The molecule has 0 spiro atoms. The number of hydrogen-bond donors (Lipinski definition) is 3. The molecule has 0 aliphatic heterocycles. The number of nitrogens with one attached hydrogen (secondary N) is 2. The lowest BCUT2D eigenvalue weighted by Crippen LogP contribution is -2.31. The van der Waals surface area contributed by atoms with E-state index in [9.17, 15) is 4.79 Å². The van der Waals surface area contributed by atoms with Gasteiger partial charge in [-0.25, -0.2) is 0 Å². The van der Waals surface area contributed by atoms with Gasteiger partial charge in [-0.05, 0) is 38.6 Å². The Morgan fingerprint density at radius 2 is 1.19 bits per heavy atom. The van der Waals surface area contributed by atoms with Crippen LogP contribution in [0.25, 0.3) is 0 Å². The molecule has 0 amide bonds. The fourth-order valence-corrected chi connectivity index (χ4v) is 2.99. The standard InChI is InChI=1S/C22H44N2O2/c1-2-3-4-5-6-7-8-9-10-11-12-13-14-15-16-17-18-23-19-20-24-21-22(25)26/h9-10,23-24H,2-8,11-21H2,1H3,(H,25,26). The van der Waals surface area contributed by atoms with E-state index in [1.54, 1.807) is 0 Å². The van der Waals surface area contributed by atoms with E-state index in [1.807, 2.05) is 0 Å². The molecular formula is C22H44N2O2. The number of rotatable bonds is 21. The SMILES string of the molecule is CCCCCCCCC=CCCCCCCCCNCCNCC(=O)O. The van der Waals surface area contributed by atoms with E-state index >= 15 is 0 Å². The Morgan fingerprint density at radius 3 is 1.77 bits per heavy atom. The maximum absolute atomic E-state index is 10.3. The molecule has 0 aliphatic carbocycles. The molecule has 4 nitrogen and oxygen atoms in total. The van der Waals surface area contributed by atoms with Gasteiger partial charge in [0.15, 0.2) is 0 Å². The van der Waals surface area contributed by atoms with Crippen LogP contribution in [-0.2, 0) is 4.79 Å². The van der Waals surface area contributed by atoms with E-state index in [0.29, 0.717) is 0 Å². The van der Waals surface area contributed by atoms with Gasteiger partial charge in [-0.15, -0.1) is 0 Å². The highest BCUT2D eigenvalue weighted by Gasteiger charge is 1.95. The normalized spacial score (nSPS) is 11.4. The van der Waals surface area contributed by atoms with Crippen molar-refractivity contribution in [2.75, 3.05) is 26.2 Å². The number of carbonyl (C=O) groups is 1. The van der Waals surface area contributed by atoms with Gasteiger partial charge in [-0.1, -0.05) is 76.9 Å². The summed E-state index contributed by atoms with van der Waals surface area (Å²) in [5, 5.41) is 14.7. The van der Waals surface area contributed by atoms with E-state index in [1.165, 1.54) is 89.9 Å². The zero-order chi connectivity index (χ0) is 19.1. The number of carboxylic acids is 1. The molecule has 0 aromatic carbocycles. The Bertz CT molecular complexity index is 319. The van der Waals surface area contributed by atoms with Gasteiger partial charge in [-0.3, -0.25) is 4.79 Å². The monoisotopic (exact) mass is 368 g/mol. The van der Waals surface area contributed by atoms with Crippen LogP contribution in [-0.4, -0.2) is 37.3 Å². The summed E-state index contributed by atoms with van der Waals surface area (Å²) in [5.74, 6) is -0.793. The quantitative estimate of drug-likeness (QED) is 0.190. The molecule has 26 heavy (non-hydrogen) atoms. The highest BCUT2D eigenvalue weighted by molar-refractivity contribution is 5.68. The van der Waals surface area contributed by atoms with Gasteiger partial charge in [0.2, 0.25) is 0 Å². The van der Waals surface area contributed by atoms with Crippen molar-refractivity contribution in [1.82, 2.24) is 10.6 Å². The second-order valence-corrected chi connectivity index (χ2v) is 7.26. The summed E-state index contributed by atoms with van der Waals surface area (Å²) in [7, 11) is 0. The lowest BCUT2D eigenvalue weighted by atomic mass is 10.1. The van der Waals surface area contributed by atoms with E-state index < -0.39 is 5.97 Å². The van der Waals surface area contributed by atoms with Crippen LogP contribution in [0, 0.1) is 0 Å². The van der Waals surface area contributed by atoms with Gasteiger partial charge in [0.1, 0.15) is 0 Å². The molecule has 0 saturated carbocycles. The van der Waals surface area contributed by atoms with Crippen LogP contribution in [0.3, 0.4) is 0 Å². The number of carboxylic acid groups (broad SMARTS) is 1. The molecule has 0 aliphatic rings. The first-order chi connectivity index (χ1) is 12.8. The smallest absolute Gasteiger partial charge is 0.317 e. The molecule has 0 aromatic rings. The zero-order valence-electron chi connectivity index (χ0n) is 17.2. The number of unbranched alkanes of at least 4 members (excludes halogenated alkanes) is 12. The highest BCUT2D eigenvalue weighted by atomic mass is 16.4. The summed E-state index contributed by atoms with van der Waals surface area (Å²) >= 11 is 0. The van der Waals surface area contributed by atoms with Crippen LogP contribution in [0.2, 0.25) is 0 Å². The molecular weight excluding hydrogens is 324 g/mol. The summed E-state index contributed by atoms with van der Waals surface area (Å²) < 4.78 is 0. The molecule has 0 aromatic heterocycles. The average molecular weight is 369 g/mol. The van der Waals surface area contributed by atoms with Crippen molar-refractivity contribution in [3.8, 4) is 0 Å². The van der Waals surface area contributed by atoms with Crippen LogP contribution in [0.15, 0.2) is 12.2 Å². The number of allylic oxidation sites excluding steroid dienone is 2. The molecule has 4 heteroatoms. The third-order valence-electron chi connectivity index (χ3n) is 4.62. The Balaban J connectivity index is 3.06. The van der Waals surface area contributed by atoms with Crippen LogP contribution >= 0.6 is 0 Å². The number of aliphatic carboxylic acids is 1. The van der Waals surface area contributed by atoms with Crippen LogP contribution in [0.4, 0.5) is 0 Å². The van der Waals surface area contributed by atoms with Crippen LogP contribution in [0.1, 0.15) is 96.8 Å². The first-order valence-electron chi connectivity index (χ1n) is 11.1. The second-order valence-electron chi connectivity index (χ2n) is 7.26. The van der Waals surface area contributed by atoms with Gasteiger partial charge in [-0.2, -0.15) is 0 Å². The van der Waals surface area contributed by atoms with Crippen molar-refractivity contribution in [2.45, 2.75) is 96.8 Å². The fourth-order valence-electron chi connectivity index (χ4n) is 2.99. The Morgan fingerprint density at radius 1 is 0.692 bits per heavy atom. The second kappa shape index (κ2) is 22.2. The largest absolute Gasteiger partial charge is 0.480 e. The van der Waals surface area contributed by atoms with E-state index in [4.69, 9.17) is 5.11 Å². The molecule has 0 atom stereocenters. The summed E-state index contributed by atoms with van der Waals surface area (Å²) in [6.07, 6.45) is 23.5. The predicted octanol–water partition coefficient (Wildman–Crippen LogP) is 5.29.